The van der Waals surface area contributed by atoms with Crippen LogP contribution >= 0.6 is 0 Å². The average molecular weight is 351 g/mol. The van der Waals surface area contributed by atoms with Crippen LogP contribution in [0.1, 0.15) is 18.5 Å². The van der Waals surface area contributed by atoms with E-state index >= 15 is 0 Å². The fourth-order valence-corrected chi connectivity index (χ4v) is 2.55. The van der Waals surface area contributed by atoms with Gasteiger partial charge in [0.15, 0.2) is 0 Å². The number of halogens is 1. The minimum Gasteiger partial charge on any atom is -0.350 e. The molecule has 0 saturated carbocycles. The molecule has 1 heterocycles. The summed E-state index contributed by atoms with van der Waals surface area (Å²) >= 11 is 0. The van der Waals surface area contributed by atoms with E-state index in [0.29, 0.717) is 11.3 Å². The van der Waals surface area contributed by atoms with Crippen LogP contribution in [0, 0.1) is 5.82 Å². The number of hydrogen-bond donors (Lipinski definition) is 1. The third kappa shape index (κ3) is 3.85. The molecule has 3 rings (SSSR count). The van der Waals surface area contributed by atoms with Crippen molar-refractivity contribution in [1.82, 2.24) is 15.1 Å². The molecule has 2 aromatic carbocycles. The number of rotatable bonds is 5. The second-order valence-corrected chi connectivity index (χ2v) is 5.85. The lowest BCUT2D eigenvalue weighted by atomic mass is 10.1. The number of carbonyl (C=O) groups is 1. The summed E-state index contributed by atoms with van der Waals surface area (Å²) in [6.45, 7) is 1.63. The van der Waals surface area contributed by atoms with Crippen LogP contribution in [-0.2, 0) is 11.3 Å². The number of hydrogen-bond acceptors (Lipinski definition) is 3. The summed E-state index contributed by atoms with van der Waals surface area (Å²) in [5, 5.41) is 6.95. The Morgan fingerprint density at radius 2 is 1.77 bits per heavy atom. The van der Waals surface area contributed by atoms with E-state index in [1.807, 2.05) is 30.3 Å². The summed E-state index contributed by atoms with van der Waals surface area (Å²) in [5.74, 6) is -0.796. The Morgan fingerprint density at radius 1 is 1.08 bits per heavy atom. The normalized spacial score (nSPS) is 11.8. The highest BCUT2D eigenvalue weighted by atomic mass is 19.1. The molecule has 1 unspecified atom stereocenters. The predicted octanol–water partition coefficient (Wildman–Crippen LogP) is 2.93. The molecule has 0 aliphatic heterocycles. The lowest BCUT2D eigenvalue weighted by molar-refractivity contribution is -0.124. The van der Waals surface area contributed by atoms with Gasteiger partial charge in [-0.25, -0.2) is 9.07 Å². The van der Waals surface area contributed by atoms with Crippen molar-refractivity contribution in [2.45, 2.75) is 19.5 Å². The van der Waals surface area contributed by atoms with Gasteiger partial charge in [-0.1, -0.05) is 48.5 Å². The van der Waals surface area contributed by atoms with Crippen LogP contribution in [0.25, 0.3) is 11.3 Å². The molecular formula is C20H18FN3O2. The van der Waals surface area contributed by atoms with Crippen LogP contribution in [-0.4, -0.2) is 15.7 Å². The van der Waals surface area contributed by atoms with Gasteiger partial charge in [-0.05, 0) is 19.1 Å². The van der Waals surface area contributed by atoms with E-state index in [2.05, 4.69) is 10.4 Å². The molecule has 0 spiro atoms. The molecule has 0 radical (unpaired) electrons. The fraction of sp³-hybridized carbons (Fsp3) is 0.150. The average Bonchev–Trinajstić information content (AvgIpc) is 2.67. The number of amides is 1. The van der Waals surface area contributed by atoms with E-state index in [4.69, 9.17) is 0 Å². The lowest BCUT2D eigenvalue weighted by Crippen LogP contribution is -2.36. The van der Waals surface area contributed by atoms with Crippen molar-refractivity contribution in [3.05, 3.63) is 88.5 Å². The van der Waals surface area contributed by atoms with Gasteiger partial charge in [0.2, 0.25) is 5.91 Å². The molecule has 0 fully saturated rings. The molecule has 1 N–H and O–H groups in total. The molecule has 1 aromatic heterocycles. The summed E-state index contributed by atoms with van der Waals surface area (Å²) < 4.78 is 14.8. The van der Waals surface area contributed by atoms with Gasteiger partial charge in [0.25, 0.3) is 5.56 Å². The Balaban J connectivity index is 1.78. The van der Waals surface area contributed by atoms with Gasteiger partial charge >= 0.3 is 0 Å². The monoisotopic (exact) mass is 351 g/mol. The van der Waals surface area contributed by atoms with Crippen LogP contribution in [0.2, 0.25) is 0 Å². The first-order valence-electron chi connectivity index (χ1n) is 8.22. The van der Waals surface area contributed by atoms with Crippen molar-refractivity contribution in [3.63, 3.8) is 0 Å². The second-order valence-electron chi connectivity index (χ2n) is 5.85. The molecule has 0 bridgehead atoms. The fourth-order valence-electron chi connectivity index (χ4n) is 2.55. The highest BCUT2D eigenvalue weighted by Gasteiger charge is 2.18. The lowest BCUT2D eigenvalue weighted by Gasteiger charge is -2.15. The third-order valence-corrected chi connectivity index (χ3v) is 4.05. The second kappa shape index (κ2) is 7.74. The van der Waals surface area contributed by atoms with Gasteiger partial charge < -0.3 is 5.32 Å². The zero-order chi connectivity index (χ0) is 18.5. The van der Waals surface area contributed by atoms with E-state index in [0.717, 1.165) is 10.2 Å². The maximum Gasteiger partial charge on any atom is 0.267 e. The van der Waals surface area contributed by atoms with E-state index in [-0.39, 0.29) is 17.9 Å². The molecule has 1 atom stereocenters. The molecule has 5 nitrogen and oxygen atoms in total. The Bertz CT molecular complexity index is 970. The van der Waals surface area contributed by atoms with Gasteiger partial charge in [0, 0.05) is 23.7 Å². The van der Waals surface area contributed by atoms with Crippen molar-refractivity contribution in [1.29, 1.82) is 0 Å². The van der Waals surface area contributed by atoms with Crippen LogP contribution in [0.5, 0.6) is 0 Å². The third-order valence-electron chi connectivity index (χ3n) is 4.05. The van der Waals surface area contributed by atoms with Gasteiger partial charge in [0.1, 0.15) is 11.9 Å². The van der Waals surface area contributed by atoms with Crippen molar-refractivity contribution in [3.8, 4) is 11.3 Å². The molecule has 0 aliphatic rings. The Morgan fingerprint density at radius 3 is 2.50 bits per heavy atom. The summed E-state index contributed by atoms with van der Waals surface area (Å²) in [7, 11) is 0. The van der Waals surface area contributed by atoms with E-state index < -0.39 is 11.9 Å². The van der Waals surface area contributed by atoms with Gasteiger partial charge in [-0.15, -0.1) is 0 Å². The number of aromatic nitrogens is 2. The molecule has 6 heteroatoms. The summed E-state index contributed by atoms with van der Waals surface area (Å²) in [5.41, 5.74) is 1.45. The van der Waals surface area contributed by atoms with Crippen LogP contribution in [0.3, 0.4) is 0 Å². The molecule has 0 saturated heterocycles. The quantitative estimate of drug-likeness (QED) is 0.769. The molecule has 26 heavy (non-hydrogen) atoms. The zero-order valence-electron chi connectivity index (χ0n) is 14.2. The number of carbonyl (C=O) groups excluding carboxylic acids is 1. The van der Waals surface area contributed by atoms with Gasteiger partial charge in [0.05, 0.1) is 5.69 Å². The first kappa shape index (κ1) is 17.5. The van der Waals surface area contributed by atoms with Crippen molar-refractivity contribution < 1.29 is 9.18 Å². The molecule has 132 valence electrons. The van der Waals surface area contributed by atoms with Crippen molar-refractivity contribution >= 4 is 5.91 Å². The van der Waals surface area contributed by atoms with Crippen LogP contribution < -0.4 is 10.9 Å². The topological polar surface area (TPSA) is 64.0 Å². The SMILES string of the molecule is CC(C(=O)NCc1ccccc1F)n1nc(-c2ccccc2)ccc1=O. The largest absolute Gasteiger partial charge is 0.350 e. The standard InChI is InChI=1S/C20H18FN3O2/c1-14(20(26)22-13-16-9-5-6-10-17(16)21)24-19(25)12-11-18(23-24)15-7-3-2-4-8-15/h2-12,14H,13H2,1H3,(H,22,26). The molecule has 1 amide bonds. The highest BCUT2D eigenvalue weighted by molar-refractivity contribution is 5.79. The minimum atomic E-state index is -0.821. The maximum absolute atomic E-state index is 13.6. The number of nitrogens with zero attached hydrogens (tertiary/aromatic N) is 2. The van der Waals surface area contributed by atoms with Crippen LogP contribution in [0.15, 0.2) is 71.5 Å². The Hall–Kier alpha value is -3.28. The van der Waals surface area contributed by atoms with E-state index in [1.54, 1.807) is 31.2 Å². The molecule has 3 aromatic rings. The highest BCUT2D eigenvalue weighted by Crippen LogP contribution is 2.15. The number of nitrogens with one attached hydrogen (secondary N) is 1. The van der Waals surface area contributed by atoms with Gasteiger partial charge in [-0.3, -0.25) is 9.59 Å². The molecule has 0 aliphatic carbocycles. The molecular weight excluding hydrogens is 333 g/mol. The zero-order valence-corrected chi connectivity index (χ0v) is 14.2. The van der Waals surface area contributed by atoms with E-state index in [9.17, 15) is 14.0 Å². The summed E-state index contributed by atoms with van der Waals surface area (Å²) in [4.78, 5) is 24.5. The maximum atomic E-state index is 13.6. The van der Waals surface area contributed by atoms with Crippen molar-refractivity contribution in [2.24, 2.45) is 0 Å². The number of benzene rings is 2. The van der Waals surface area contributed by atoms with Gasteiger partial charge in [-0.2, -0.15) is 5.10 Å². The predicted molar refractivity (Wildman–Crippen MR) is 96.9 cm³/mol. The Kier molecular flexibility index (Phi) is 5.22. The summed E-state index contributed by atoms with van der Waals surface area (Å²) in [6, 6.07) is 17.8. The Labute approximate surface area is 150 Å². The van der Waals surface area contributed by atoms with Crippen molar-refractivity contribution in [2.75, 3.05) is 0 Å². The van der Waals surface area contributed by atoms with E-state index in [1.165, 1.54) is 12.1 Å². The minimum absolute atomic E-state index is 0.0446. The summed E-state index contributed by atoms with van der Waals surface area (Å²) in [6.07, 6.45) is 0. The first-order valence-corrected chi connectivity index (χ1v) is 8.22. The smallest absolute Gasteiger partial charge is 0.267 e. The first-order chi connectivity index (χ1) is 12.6. The van der Waals surface area contributed by atoms with Crippen LogP contribution in [0.4, 0.5) is 4.39 Å².